The lowest BCUT2D eigenvalue weighted by Crippen LogP contribution is -2.34. The molecule has 3 nitrogen and oxygen atoms in total. The highest BCUT2D eigenvalue weighted by Gasteiger charge is 2.19. The summed E-state index contributed by atoms with van der Waals surface area (Å²) >= 11 is 0. The van der Waals surface area contributed by atoms with Crippen LogP contribution in [0.15, 0.2) is 18.2 Å². The van der Waals surface area contributed by atoms with Gasteiger partial charge in [0.1, 0.15) is 6.07 Å². The minimum Gasteiger partial charge on any atom is -0.370 e. The molecule has 1 unspecified atom stereocenters. The van der Waals surface area contributed by atoms with Crippen molar-refractivity contribution >= 4 is 5.69 Å². The van der Waals surface area contributed by atoms with Crippen LogP contribution in [-0.4, -0.2) is 19.6 Å². The van der Waals surface area contributed by atoms with Crippen LogP contribution in [0.1, 0.15) is 44.2 Å². The van der Waals surface area contributed by atoms with Crippen LogP contribution in [0.2, 0.25) is 0 Å². The molecule has 0 bridgehead atoms. The first-order valence-corrected chi connectivity index (χ1v) is 7.73. The van der Waals surface area contributed by atoms with Gasteiger partial charge in [-0.1, -0.05) is 19.9 Å². The Morgan fingerprint density at radius 3 is 3.00 bits per heavy atom. The van der Waals surface area contributed by atoms with E-state index < -0.39 is 0 Å². The predicted octanol–water partition coefficient (Wildman–Crippen LogP) is 3.29. The number of rotatable bonds is 5. The van der Waals surface area contributed by atoms with E-state index in [0.29, 0.717) is 0 Å². The van der Waals surface area contributed by atoms with Gasteiger partial charge in [0.2, 0.25) is 0 Å². The van der Waals surface area contributed by atoms with Gasteiger partial charge >= 0.3 is 0 Å². The van der Waals surface area contributed by atoms with E-state index in [0.717, 1.165) is 49.8 Å². The lowest BCUT2D eigenvalue weighted by Gasteiger charge is -2.33. The van der Waals surface area contributed by atoms with E-state index in [4.69, 9.17) is 0 Å². The van der Waals surface area contributed by atoms with Gasteiger partial charge in [-0.2, -0.15) is 5.26 Å². The molecule has 1 saturated heterocycles. The van der Waals surface area contributed by atoms with Gasteiger partial charge in [0, 0.05) is 19.6 Å². The zero-order valence-electron chi connectivity index (χ0n) is 12.7. The minimum atomic E-state index is 0.723. The summed E-state index contributed by atoms with van der Waals surface area (Å²) in [7, 11) is 0. The van der Waals surface area contributed by atoms with Gasteiger partial charge in [0.25, 0.3) is 0 Å². The lowest BCUT2D eigenvalue weighted by atomic mass is 9.98. The molecule has 1 aliphatic heterocycles. The number of piperidine rings is 1. The zero-order valence-corrected chi connectivity index (χ0v) is 12.7. The Labute approximate surface area is 122 Å². The van der Waals surface area contributed by atoms with E-state index in [1.54, 1.807) is 0 Å². The number of hydrogen-bond acceptors (Lipinski definition) is 3. The van der Waals surface area contributed by atoms with Gasteiger partial charge in [-0.15, -0.1) is 0 Å². The maximum absolute atomic E-state index is 9.41. The molecule has 1 heterocycles. The molecule has 20 heavy (non-hydrogen) atoms. The van der Waals surface area contributed by atoms with Crippen molar-refractivity contribution in [1.29, 1.82) is 5.26 Å². The molecule has 1 atom stereocenters. The second kappa shape index (κ2) is 7.31. The number of nitriles is 1. The molecule has 0 spiro atoms. The molecular weight excluding hydrogens is 246 g/mol. The fourth-order valence-electron chi connectivity index (χ4n) is 2.88. The second-order valence-corrected chi connectivity index (χ2v) is 5.83. The first-order chi connectivity index (χ1) is 9.74. The van der Waals surface area contributed by atoms with Crippen LogP contribution in [0.3, 0.4) is 0 Å². The Morgan fingerprint density at radius 1 is 1.45 bits per heavy atom. The Bertz CT molecular complexity index is 476. The molecule has 108 valence electrons. The van der Waals surface area contributed by atoms with E-state index in [1.165, 1.54) is 18.4 Å². The number of nitrogens with zero attached hydrogens (tertiary/aromatic N) is 2. The van der Waals surface area contributed by atoms with Gasteiger partial charge in [-0.3, -0.25) is 0 Å². The fourth-order valence-corrected chi connectivity index (χ4v) is 2.88. The summed E-state index contributed by atoms with van der Waals surface area (Å²) in [5.74, 6) is 0.723. The minimum absolute atomic E-state index is 0.723. The Morgan fingerprint density at radius 2 is 2.30 bits per heavy atom. The number of hydrogen-bond donors (Lipinski definition) is 1. The van der Waals surface area contributed by atoms with Crippen molar-refractivity contribution in [1.82, 2.24) is 5.32 Å². The summed E-state index contributed by atoms with van der Waals surface area (Å²) in [5.41, 5.74) is 3.12. The van der Waals surface area contributed by atoms with Gasteiger partial charge in [-0.25, -0.2) is 0 Å². The summed E-state index contributed by atoms with van der Waals surface area (Å²) in [5, 5.41) is 12.8. The quantitative estimate of drug-likeness (QED) is 0.835. The Hall–Kier alpha value is -1.53. The molecule has 3 heteroatoms. The number of benzene rings is 1. The lowest BCUT2D eigenvalue weighted by molar-refractivity contribution is 0.446. The molecule has 0 aromatic heterocycles. The molecule has 0 aliphatic carbocycles. The molecule has 0 saturated carbocycles. The number of anilines is 1. The molecule has 0 radical (unpaired) electrons. The topological polar surface area (TPSA) is 39.1 Å². The van der Waals surface area contributed by atoms with E-state index in [9.17, 15) is 5.26 Å². The van der Waals surface area contributed by atoms with Crippen molar-refractivity contribution in [3.8, 4) is 6.07 Å². The van der Waals surface area contributed by atoms with E-state index in [2.05, 4.69) is 42.3 Å². The van der Waals surface area contributed by atoms with Crippen LogP contribution in [-0.2, 0) is 6.54 Å². The highest BCUT2D eigenvalue weighted by Crippen LogP contribution is 2.26. The van der Waals surface area contributed by atoms with Crippen molar-refractivity contribution < 1.29 is 0 Å². The molecule has 2 rings (SSSR count). The van der Waals surface area contributed by atoms with Crippen molar-refractivity contribution in [2.45, 2.75) is 39.7 Å². The smallest absolute Gasteiger partial charge is 0.101 e. The summed E-state index contributed by atoms with van der Waals surface area (Å²) in [4.78, 5) is 2.37. The average molecular weight is 271 g/mol. The third kappa shape index (κ3) is 3.74. The zero-order chi connectivity index (χ0) is 14.4. The van der Waals surface area contributed by atoms with E-state index >= 15 is 0 Å². The normalized spacial score (nSPS) is 18.9. The SMILES string of the molecule is CCCNCc1ccc(N2CCCC(C)C2)c(C#N)c1. The monoisotopic (exact) mass is 271 g/mol. The van der Waals surface area contributed by atoms with E-state index in [1.807, 2.05) is 6.07 Å². The molecular formula is C17H25N3. The highest BCUT2D eigenvalue weighted by atomic mass is 15.1. The van der Waals surface area contributed by atoms with Crippen LogP contribution >= 0.6 is 0 Å². The van der Waals surface area contributed by atoms with Gasteiger partial charge in [0.15, 0.2) is 0 Å². The van der Waals surface area contributed by atoms with Crippen molar-refractivity contribution in [2.24, 2.45) is 5.92 Å². The maximum atomic E-state index is 9.41. The van der Waals surface area contributed by atoms with Crippen LogP contribution in [0.4, 0.5) is 5.69 Å². The first kappa shape index (κ1) is 14.9. The summed E-state index contributed by atoms with van der Waals surface area (Å²) in [6, 6.07) is 8.68. The van der Waals surface area contributed by atoms with Crippen LogP contribution < -0.4 is 10.2 Å². The van der Waals surface area contributed by atoms with Crippen LogP contribution in [0.25, 0.3) is 0 Å². The molecule has 0 amide bonds. The Balaban J connectivity index is 2.11. The van der Waals surface area contributed by atoms with Gasteiger partial charge in [-0.05, 0) is 49.4 Å². The third-order valence-corrected chi connectivity index (χ3v) is 3.94. The van der Waals surface area contributed by atoms with Crippen molar-refractivity contribution in [3.05, 3.63) is 29.3 Å². The van der Waals surface area contributed by atoms with E-state index in [-0.39, 0.29) is 0 Å². The Kier molecular flexibility index (Phi) is 5.43. The van der Waals surface area contributed by atoms with Crippen molar-refractivity contribution in [2.75, 3.05) is 24.5 Å². The van der Waals surface area contributed by atoms with Crippen molar-refractivity contribution in [3.63, 3.8) is 0 Å². The fraction of sp³-hybridized carbons (Fsp3) is 0.588. The molecule has 1 aromatic carbocycles. The number of nitrogens with one attached hydrogen (secondary N) is 1. The summed E-state index contributed by atoms with van der Waals surface area (Å²) in [6.45, 7) is 8.47. The standard InChI is InChI=1S/C17H25N3/c1-3-8-19-12-15-6-7-17(16(10-15)11-18)20-9-4-5-14(2)13-20/h6-7,10,14,19H,3-5,8-9,12-13H2,1-2H3. The van der Waals surface area contributed by atoms with Gasteiger partial charge < -0.3 is 10.2 Å². The highest BCUT2D eigenvalue weighted by molar-refractivity contribution is 5.60. The molecule has 1 aromatic rings. The third-order valence-electron chi connectivity index (χ3n) is 3.94. The summed E-state index contributed by atoms with van der Waals surface area (Å²) < 4.78 is 0. The average Bonchev–Trinajstić information content (AvgIpc) is 2.47. The largest absolute Gasteiger partial charge is 0.370 e. The summed E-state index contributed by atoms with van der Waals surface area (Å²) in [6.07, 6.45) is 3.66. The maximum Gasteiger partial charge on any atom is 0.101 e. The van der Waals surface area contributed by atoms with Crippen LogP contribution in [0.5, 0.6) is 0 Å². The predicted molar refractivity (Wildman–Crippen MR) is 83.8 cm³/mol. The van der Waals surface area contributed by atoms with Crippen LogP contribution in [0, 0.1) is 17.2 Å². The molecule has 1 fully saturated rings. The first-order valence-electron chi connectivity index (χ1n) is 7.73. The second-order valence-electron chi connectivity index (χ2n) is 5.83. The molecule has 1 aliphatic rings. The molecule has 1 N–H and O–H groups in total. The van der Waals surface area contributed by atoms with Gasteiger partial charge in [0.05, 0.1) is 11.3 Å².